The van der Waals surface area contributed by atoms with Crippen LogP contribution in [-0.4, -0.2) is 0 Å². The van der Waals surface area contributed by atoms with Gasteiger partial charge in [0.25, 0.3) is 0 Å². The van der Waals surface area contributed by atoms with E-state index in [9.17, 15) is 5.48 Å². The number of fused-ring (bicyclic) bond motifs is 7. The normalized spacial score (nSPS) is 15.4. The molecule has 1 nitrogen and oxygen atoms in total. The van der Waals surface area contributed by atoms with Gasteiger partial charge in [0.05, 0.1) is 17.8 Å². The van der Waals surface area contributed by atoms with E-state index in [1.54, 1.807) is 0 Å². The molecule has 0 unspecified atom stereocenters. The molecule has 0 radical (unpaired) electrons. The van der Waals surface area contributed by atoms with Gasteiger partial charge in [0.15, 0.2) is 0 Å². The zero-order valence-electron chi connectivity index (χ0n) is 38.7. The predicted molar refractivity (Wildman–Crippen MR) is 208 cm³/mol. The van der Waals surface area contributed by atoms with Gasteiger partial charge >= 0.3 is 0 Å². The molecule has 0 aliphatic heterocycles. The Balaban J connectivity index is 1.28. The van der Waals surface area contributed by atoms with Crippen LogP contribution >= 0.6 is 0 Å². The second-order valence-corrected chi connectivity index (χ2v) is 11.8. The average Bonchev–Trinajstić information content (AvgIpc) is 3.67. The van der Waals surface area contributed by atoms with Crippen molar-refractivity contribution < 1.29 is 22.2 Å². The minimum atomic E-state index is -0.739. The Labute approximate surface area is 302 Å². The zero-order valence-corrected chi connectivity index (χ0v) is 25.7. The van der Waals surface area contributed by atoms with Crippen LogP contribution in [0.25, 0.3) is 98.8 Å². The molecule has 1 aromatic heterocycles. The molecule has 10 rings (SSSR count). The van der Waals surface area contributed by atoms with Crippen LogP contribution in [0.2, 0.25) is 0 Å². The molecule has 10 aromatic rings. The minimum Gasteiger partial charge on any atom is -0.455 e. The monoisotopic (exact) mass is 635 g/mol. The van der Waals surface area contributed by atoms with Gasteiger partial charge in [-0.3, -0.25) is 0 Å². The number of hydrogen-bond acceptors (Lipinski definition) is 1. The van der Waals surface area contributed by atoms with Crippen molar-refractivity contribution in [3.63, 3.8) is 0 Å². The lowest BCUT2D eigenvalue weighted by Crippen LogP contribution is -1.92. The van der Waals surface area contributed by atoms with Gasteiger partial charge in [0, 0.05) is 16.2 Å². The Hall–Kier alpha value is -6.44. The Bertz CT molecular complexity index is 3510. The molecule has 1 heterocycles. The lowest BCUT2D eigenvalue weighted by molar-refractivity contribution is 0.673. The first-order valence-electron chi connectivity index (χ1n) is 22.3. The summed E-state index contributed by atoms with van der Waals surface area (Å²) in [5.74, 6) is 0. The summed E-state index contributed by atoms with van der Waals surface area (Å²) in [6, 6.07) is 24.4. The van der Waals surface area contributed by atoms with Gasteiger partial charge in [0.1, 0.15) is 11.2 Å². The quantitative estimate of drug-likeness (QED) is 0.175. The van der Waals surface area contributed by atoms with Gasteiger partial charge in [-0.25, -0.2) is 0 Å². The van der Waals surface area contributed by atoms with Crippen molar-refractivity contribution in [3.8, 4) is 44.5 Å². The first-order valence-corrected chi connectivity index (χ1v) is 15.8. The third kappa shape index (κ3) is 4.40. The lowest BCUT2D eigenvalue weighted by atomic mass is 9.83. The molecule has 0 aliphatic rings. The molecular formula is C48H30O. The minimum absolute atomic E-state index is 0.0501. The van der Waals surface area contributed by atoms with Crippen molar-refractivity contribution in [1.82, 2.24) is 0 Å². The Morgan fingerprint density at radius 3 is 1.63 bits per heavy atom. The van der Waals surface area contributed by atoms with E-state index >= 15 is 0 Å². The Morgan fingerprint density at radius 2 is 0.918 bits per heavy atom. The van der Waals surface area contributed by atoms with Crippen LogP contribution in [0.4, 0.5) is 0 Å². The second kappa shape index (κ2) is 11.1. The van der Waals surface area contributed by atoms with Crippen LogP contribution < -0.4 is 0 Å². The van der Waals surface area contributed by atoms with E-state index in [0.29, 0.717) is 21.9 Å². The molecule has 0 N–H and O–H groups in total. The fourth-order valence-electron chi connectivity index (χ4n) is 6.99. The average molecular weight is 636 g/mol. The van der Waals surface area contributed by atoms with E-state index in [2.05, 4.69) is 12.1 Å². The molecule has 0 spiro atoms. The lowest BCUT2D eigenvalue weighted by Gasteiger charge is -2.19. The first kappa shape index (κ1) is 17.6. The number of furan rings is 1. The summed E-state index contributed by atoms with van der Waals surface area (Å²) in [5, 5.41) is 6.63. The van der Waals surface area contributed by atoms with E-state index < -0.39 is 95.2 Å². The molecule has 0 aliphatic carbocycles. The third-order valence-electron chi connectivity index (χ3n) is 9.15. The molecule has 0 amide bonds. The van der Waals surface area contributed by atoms with Crippen molar-refractivity contribution in [2.24, 2.45) is 0 Å². The first-order chi connectivity index (χ1) is 29.7. The molecule has 0 atom stereocenters. The van der Waals surface area contributed by atoms with Crippen LogP contribution in [0.15, 0.2) is 186 Å². The maximum absolute atomic E-state index is 9.45. The maximum atomic E-state index is 9.45. The van der Waals surface area contributed by atoms with Gasteiger partial charge in [-0.1, -0.05) is 163 Å². The van der Waals surface area contributed by atoms with Gasteiger partial charge in [-0.05, 0) is 89.6 Å². The van der Waals surface area contributed by atoms with E-state index in [1.165, 1.54) is 0 Å². The highest BCUT2D eigenvalue weighted by atomic mass is 16.3. The van der Waals surface area contributed by atoms with E-state index in [1.807, 2.05) is 91.0 Å². The summed E-state index contributed by atoms with van der Waals surface area (Å²) < 4.78 is 121. The molecule has 1 heteroatoms. The fourth-order valence-corrected chi connectivity index (χ4v) is 6.99. The summed E-state index contributed by atoms with van der Waals surface area (Å²) in [6.07, 6.45) is 0. The van der Waals surface area contributed by atoms with Gasteiger partial charge < -0.3 is 4.42 Å². The Kier molecular flexibility index (Phi) is 3.99. The summed E-state index contributed by atoms with van der Waals surface area (Å²) in [7, 11) is 0. The molecule has 9 aromatic carbocycles. The van der Waals surface area contributed by atoms with Gasteiger partial charge in [0.2, 0.25) is 0 Å². The molecule has 0 saturated heterocycles. The van der Waals surface area contributed by atoms with Crippen LogP contribution in [0.5, 0.6) is 0 Å². The van der Waals surface area contributed by atoms with E-state index in [0.717, 1.165) is 49.0 Å². The van der Waals surface area contributed by atoms with Crippen molar-refractivity contribution in [1.29, 1.82) is 0 Å². The van der Waals surface area contributed by atoms with Crippen molar-refractivity contribution >= 4 is 54.3 Å². The van der Waals surface area contributed by atoms with E-state index in [-0.39, 0.29) is 11.1 Å². The largest absolute Gasteiger partial charge is 0.455 e. The highest BCUT2D eigenvalue weighted by molar-refractivity contribution is 6.23. The SMILES string of the molecule is [2H]c1c([2H])c([2H])c(-c2c([2H])c([2H])c(-c3c([2H])c([2H])c([2H])c([2H])c3-c3c4ccccc4c(-c4ccc5c(c4)oc4c6ccccc6ccc54)c4ccccc34)c([2H])c2[2H])c([2H])c1[2H]. The van der Waals surface area contributed by atoms with Gasteiger partial charge in [-0.15, -0.1) is 0 Å². The number of hydrogen-bond donors (Lipinski definition) is 0. The molecule has 228 valence electrons. The molecule has 49 heavy (non-hydrogen) atoms. The number of benzene rings is 9. The van der Waals surface area contributed by atoms with Crippen molar-refractivity contribution in [2.75, 3.05) is 0 Å². The molecule has 0 fully saturated rings. The van der Waals surface area contributed by atoms with E-state index in [4.69, 9.17) is 16.8 Å². The molecular weight excluding hydrogens is 593 g/mol. The molecule has 0 bridgehead atoms. The van der Waals surface area contributed by atoms with Gasteiger partial charge in [-0.2, -0.15) is 0 Å². The standard InChI is InChI=1S/C48H30O/c1-2-12-31(13-3-1)32-22-24-34(25-23-32)36-15-6-7-17-39(36)47-42-20-10-8-18-40(42)46(41-19-9-11-21-43(41)47)35-27-28-38-44-29-26-33-14-4-5-16-37(33)48(44)49-45(38)30-35/h1-30H/i1D,2D,3D,6D,7D,12D,13D,15D,17D,22D,23D,24D,25D. The summed E-state index contributed by atoms with van der Waals surface area (Å²) in [4.78, 5) is 0. The van der Waals surface area contributed by atoms with Crippen molar-refractivity contribution in [3.05, 3.63) is 182 Å². The second-order valence-electron chi connectivity index (χ2n) is 11.8. The summed E-state index contributed by atoms with van der Waals surface area (Å²) >= 11 is 0. The smallest absolute Gasteiger partial charge is 0.143 e. The highest BCUT2D eigenvalue weighted by Crippen LogP contribution is 2.47. The molecule has 0 saturated carbocycles. The highest BCUT2D eigenvalue weighted by Gasteiger charge is 2.20. The maximum Gasteiger partial charge on any atom is 0.143 e. The van der Waals surface area contributed by atoms with Crippen LogP contribution in [-0.2, 0) is 0 Å². The van der Waals surface area contributed by atoms with Crippen LogP contribution in [0.3, 0.4) is 0 Å². The topological polar surface area (TPSA) is 13.1 Å². The van der Waals surface area contributed by atoms with Crippen molar-refractivity contribution in [2.45, 2.75) is 0 Å². The van der Waals surface area contributed by atoms with Crippen LogP contribution in [0.1, 0.15) is 17.8 Å². The number of rotatable bonds is 4. The Morgan fingerprint density at radius 1 is 0.367 bits per heavy atom. The third-order valence-corrected chi connectivity index (χ3v) is 9.15. The zero-order chi connectivity index (χ0) is 43.6. The summed E-state index contributed by atoms with van der Waals surface area (Å²) in [6.45, 7) is 0. The van der Waals surface area contributed by atoms with Crippen LogP contribution in [0, 0.1) is 0 Å². The predicted octanol–water partition coefficient (Wildman–Crippen LogP) is 13.7. The fraction of sp³-hybridized carbons (Fsp3) is 0. The summed E-state index contributed by atoms with van der Waals surface area (Å²) in [5.41, 5.74) is 1.70.